The summed E-state index contributed by atoms with van der Waals surface area (Å²) in [5, 5.41) is 9.49. The van der Waals surface area contributed by atoms with Crippen molar-refractivity contribution in [3.05, 3.63) is 17.7 Å². The Hall–Kier alpha value is -1.36. The molecule has 0 amide bonds. The van der Waals surface area contributed by atoms with Crippen LogP contribution < -0.4 is 0 Å². The van der Waals surface area contributed by atoms with Crippen molar-refractivity contribution in [2.75, 3.05) is 13.1 Å². The number of fused-ring (bicyclic) bond motifs is 1. The van der Waals surface area contributed by atoms with Gasteiger partial charge < -0.3 is 14.6 Å². The molecule has 0 saturated carbocycles. The summed E-state index contributed by atoms with van der Waals surface area (Å²) in [6, 6.07) is 0.176. The van der Waals surface area contributed by atoms with E-state index in [4.69, 9.17) is 0 Å². The van der Waals surface area contributed by atoms with Crippen LogP contribution in [0, 0.1) is 5.92 Å². The molecule has 0 aromatic carbocycles. The van der Waals surface area contributed by atoms with Gasteiger partial charge in [-0.3, -0.25) is 0 Å². The minimum absolute atomic E-state index is 0.411. The van der Waals surface area contributed by atoms with Gasteiger partial charge in [0.1, 0.15) is 11.9 Å². The Morgan fingerprint density at radius 1 is 1.41 bits per heavy atom. The summed E-state index contributed by atoms with van der Waals surface area (Å²) in [6.07, 6.45) is 7.91. The first kappa shape index (κ1) is 15.5. The van der Waals surface area contributed by atoms with Gasteiger partial charge in [-0.05, 0) is 58.4 Å². The number of piperidine rings is 1. The maximum atomic E-state index is 11.5. The lowest BCUT2D eigenvalue weighted by Crippen LogP contribution is -2.41. The van der Waals surface area contributed by atoms with Crippen LogP contribution in [0.1, 0.15) is 57.1 Å². The molecule has 2 aliphatic rings. The van der Waals surface area contributed by atoms with Crippen LogP contribution in [0.25, 0.3) is 0 Å². The Kier molecular flexibility index (Phi) is 4.52. The van der Waals surface area contributed by atoms with Crippen LogP contribution >= 0.6 is 0 Å². The maximum absolute atomic E-state index is 11.5. The fourth-order valence-electron chi connectivity index (χ4n) is 3.99. The molecule has 22 heavy (non-hydrogen) atoms. The average Bonchev–Trinajstić information content (AvgIpc) is 2.90. The Bertz CT molecular complexity index is 538. The first-order chi connectivity index (χ1) is 10.6. The molecule has 0 aliphatic carbocycles. The lowest BCUT2D eigenvalue weighted by Gasteiger charge is -2.35. The summed E-state index contributed by atoms with van der Waals surface area (Å²) >= 11 is 0. The van der Waals surface area contributed by atoms with Crippen LogP contribution in [0.5, 0.6) is 0 Å². The van der Waals surface area contributed by atoms with Gasteiger partial charge in [0, 0.05) is 30.9 Å². The molecule has 1 aromatic heterocycles. The molecule has 122 valence electrons. The summed E-state index contributed by atoms with van der Waals surface area (Å²) in [4.78, 5) is 18.7. The van der Waals surface area contributed by atoms with Crippen molar-refractivity contribution >= 4 is 5.97 Å². The molecule has 2 unspecified atom stereocenters. The molecule has 1 fully saturated rings. The topological polar surface area (TPSA) is 58.4 Å². The van der Waals surface area contributed by atoms with E-state index >= 15 is 0 Å². The third-order valence-electron chi connectivity index (χ3n) is 5.21. The molecular weight excluding hydrogens is 278 g/mol. The molecule has 2 atom stereocenters. The van der Waals surface area contributed by atoms with Crippen molar-refractivity contribution in [1.29, 1.82) is 0 Å². The Balaban J connectivity index is 1.76. The van der Waals surface area contributed by atoms with Gasteiger partial charge in [0.05, 0.1) is 0 Å². The molecule has 1 aromatic rings. The number of carboxylic acid groups (broad SMARTS) is 1. The highest BCUT2D eigenvalue weighted by Crippen LogP contribution is 2.29. The number of aryl methyl sites for hydroxylation is 1. The molecule has 0 radical (unpaired) electrons. The quantitative estimate of drug-likeness (QED) is 0.928. The first-order valence-electron chi connectivity index (χ1n) is 8.58. The van der Waals surface area contributed by atoms with E-state index in [9.17, 15) is 9.90 Å². The monoisotopic (exact) mass is 305 g/mol. The van der Waals surface area contributed by atoms with E-state index in [1.165, 1.54) is 19.4 Å². The molecule has 2 aliphatic heterocycles. The largest absolute Gasteiger partial charge is 0.480 e. The number of aromatic nitrogens is 2. The summed E-state index contributed by atoms with van der Waals surface area (Å²) < 4.78 is 2.01. The van der Waals surface area contributed by atoms with Gasteiger partial charge in [0.2, 0.25) is 0 Å². The number of hydrogen-bond acceptors (Lipinski definition) is 3. The molecule has 3 rings (SSSR count). The van der Waals surface area contributed by atoms with Gasteiger partial charge in [-0.15, -0.1) is 0 Å². The SMILES string of the molecule is CC(C)N1CCCC(Cc2ncc3n2C(C(=O)O)CCC3)C1. The fourth-order valence-corrected chi connectivity index (χ4v) is 3.99. The molecule has 5 heteroatoms. The van der Waals surface area contributed by atoms with Crippen LogP contribution in [0.4, 0.5) is 0 Å². The summed E-state index contributed by atoms with van der Waals surface area (Å²) in [5.41, 5.74) is 1.10. The average molecular weight is 305 g/mol. The zero-order chi connectivity index (χ0) is 15.7. The summed E-state index contributed by atoms with van der Waals surface area (Å²) in [6.45, 7) is 6.80. The van der Waals surface area contributed by atoms with Crippen molar-refractivity contribution in [1.82, 2.24) is 14.5 Å². The van der Waals surface area contributed by atoms with E-state index in [1.54, 1.807) is 0 Å². The first-order valence-corrected chi connectivity index (χ1v) is 8.58. The number of imidazole rings is 1. The van der Waals surface area contributed by atoms with E-state index in [2.05, 4.69) is 23.7 Å². The van der Waals surface area contributed by atoms with Crippen LogP contribution in [0.15, 0.2) is 6.20 Å². The number of likely N-dealkylation sites (tertiary alicyclic amines) is 1. The minimum atomic E-state index is -0.715. The van der Waals surface area contributed by atoms with E-state index in [0.717, 1.165) is 43.7 Å². The molecule has 0 spiro atoms. The Morgan fingerprint density at radius 3 is 2.95 bits per heavy atom. The van der Waals surface area contributed by atoms with Crippen LogP contribution in [-0.4, -0.2) is 44.7 Å². The van der Waals surface area contributed by atoms with Gasteiger partial charge in [-0.2, -0.15) is 0 Å². The lowest BCUT2D eigenvalue weighted by molar-refractivity contribution is -0.141. The number of aliphatic carboxylic acids is 1. The number of nitrogens with zero attached hydrogens (tertiary/aromatic N) is 3. The van der Waals surface area contributed by atoms with Crippen molar-refractivity contribution in [2.45, 2.75) is 64.5 Å². The molecule has 0 bridgehead atoms. The van der Waals surface area contributed by atoms with Gasteiger partial charge in [-0.1, -0.05) is 0 Å². The van der Waals surface area contributed by atoms with E-state index in [-0.39, 0.29) is 0 Å². The number of carbonyl (C=O) groups is 1. The molecule has 1 saturated heterocycles. The summed E-state index contributed by atoms with van der Waals surface area (Å²) in [7, 11) is 0. The Labute approximate surface area is 132 Å². The highest BCUT2D eigenvalue weighted by molar-refractivity contribution is 5.72. The number of rotatable bonds is 4. The smallest absolute Gasteiger partial charge is 0.326 e. The summed E-state index contributed by atoms with van der Waals surface area (Å²) in [5.74, 6) is 0.865. The van der Waals surface area contributed by atoms with Gasteiger partial charge >= 0.3 is 5.97 Å². The highest BCUT2D eigenvalue weighted by Gasteiger charge is 2.30. The van der Waals surface area contributed by atoms with Gasteiger partial charge in [0.15, 0.2) is 0 Å². The molecular formula is C17H27N3O2. The zero-order valence-electron chi connectivity index (χ0n) is 13.7. The highest BCUT2D eigenvalue weighted by atomic mass is 16.4. The van der Waals surface area contributed by atoms with E-state index in [0.29, 0.717) is 12.0 Å². The number of carboxylic acids is 1. The van der Waals surface area contributed by atoms with Crippen LogP contribution in [-0.2, 0) is 17.6 Å². The normalized spacial score (nSPS) is 26.1. The van der Waals surface area contributed by atoms with Crippen molar-refractivity contribution in [3.8, 4) is 0 Å². The second-order valence-electron chi connectivity index (χ2n) is 7.08. The third-order valence-corrected chi connectivity index (χ3v) is 5.21. The van der Waals surface area contributed by atoms with Crippen molar-refractivity contribution in [2.24, 2.45) is 5.92 Å². The van der Waals surface area contributed by atoms with Crippen molar-refractivity contribution in [3.63, 3.8) is 0 Å². The van der Waals surface area contributed by atoms with E-state index in [1.807, 2.05) is 10.8 Å². The molecule has 1 N–H and O–H groups in total. The van der Waals surface area contributed by atoms with Crippen LogP contribution in [0.2, 0.25) is 0 Å². The maximum Gasteiger partial charge on any atom is 0.326 e. The second kappa shape index (κ2) is 6.41. The Morgan fingerprint density at radius 2 is 2.23 bits per heavy atom. The minimum Gasteiger partial charge on any atom is -0.480 e. The standard InChI is InChI=1S/C17H27N3O2/c1-12(2)19-8-4-5-13(11-19)9-16-18-10-14-6-3-7-15(17(21)22)20(14)16/h10,12-13,15H,3-9,11H2,1-2H3,(H,21,22). The van der Waals surface area contributed by atoms with Crippen LogP contribution in [0.3, 0.4) is 0 Å². The molecule has 3 heterocycles. The number of hydrogen-bond donors (Lipinski definition) is 1. The lowest BCUT2D eigenvalue weighted by atomic mass is 9.93. The second-order valence-corrected chi connectivity index (χ2v) is 7.08. The predicted octanol–water partition coefficient (Wildman–Crippen LogP) is 2.51. The van der Waals surface area contributed by atoms with Crippen molar-refractivity contribution < 1.29 is 9.90 Å². The third kappa shape index (κ3) is 3.05. The van der Waals surface area contributed by atoms with E-state index < -0.39 is 12.0 Å². The molecule has 5 nitrogen and oxygen atoms in total. The predicted molar refractivity (Wildman–Crippen MR) is 85.0 cm³/mol. The van der Waals surface area contributed by atoms with Gasteiger partial charge in [0.25, 0.3) is 0 Å². The fraction of sp³-hybridized carbons (Fsp3) is 0.765. The zero-order valence-corrected chi connectivity index (χ0v) is 13.7. The van der Waals surface area contributed by atoms with Gasteiger partial charge in [-0.25, -0.2) is 9.78 Å².